The molecule has 30 heavy (non-hydrogen) atoms. The van der Waals surface area contributed by atoms with Crippen molar-refractivity contribution in [3.63, 3.8) is 0 Å². The smallest absolute Gasteiger partial charge is 0.265 e. The maximum absolute atomic E-state index is 12.9. The van der Waals surface area contributed by atoms with Gasteiger partial charge in [0.15, 0.2) is 0 Å². The highest BCUT2D eigenvalue weighted by Gasteiger charge is 2.29. The quantitative estimate of drug-likeness (QED) is 0.725. The molecular formula is C20H26N4O4S2. The van der Waals surface area contributed by atoms with Crippen LogP contribution in [-0.4, -0.2) is 43.2 Å². The first-order valence-electron chi connectivity index (χ1n) is 9.76. The summed E-state index contributed by atoms with van der Waals surface area (Å²) < 4.78 is 22.6. The van der Waals surface area contributed by atoms with Crippen molar-refractivity contribution in [2.24, 2.45) is 11.1 Å². The largest absolute Gasteiger partial charge is 0.338 e. The predicted molar refractivity (Wildman–Crippen MR) is 116 cm³/mol. The number of nitrogens with zero attached hydrogens (tertiary/aromatic N) is 2. The molecule has 0 aliphatic carbocycles. The fourth-order valence-electron chi connectivity index (χ4n) is 3.32. The van der Waals surface area contributed by atoms with E-state index in [-0.39, 0.29) is 28.5 Å². The number of aryl methyl sites for hydroxylation is 1. The Morgan fingerprint density at radius 3 is 2.30 bits per heavy atom. The first kappa shape index (κ1) is 22.4. The third-order valence-corrected chi connectivity index (χ3v) is 7.48. The van der Waals surface area contributed by atoms with Crippen molar-refractivity contribution in [3.8, 4) is 0 Å². The van der Waals surface area contributed by atoms with E-state index in [0.29, 0.717) is 36.5 Å². The number of benzene rings is 1. The van der Waals surface area contributed by atoms with Gasteiger partial charge in [0.2, 0.25) is 15.9 Å². The second-order valence-corrected chi connectivity index (χ2v) is 10.3. The van der Waals surface area contributed by atoms with Crippen molar-refractivity contribution >= 4 is 38.9 Å². The fourth-order valence-corrected chi connectivity index (χ4v) is 4.88. The number of hydrogen-bond acceptors (Lipinski definition) is 6. The molecule has 1 aromatic carbocycles. The number of hydrogen-bond donors (Lipinski definition) is 2. The lowest BCUT2D eigenvalue weighted by atomic mass is 9.95. The van der Waals surface area contributed by atoms with Crippen molar-refractivity contribution in [1.29, 1.82) is 0 Å². The summed E-state index contributed by atoms with van der Waals surface area (Å²) >= 11 is 1.45. The molecule has 3 N–H and O–H groups in total. The Kier molecular flexibility index (Phi) is 6.59. The lowest BCUT2D eigenvalue weighted by Gasteiger charge is -2.31. The number of thiazole rings is 1. The van der Waals surface area contributed by atoms with E-state index < -0.39 is 10.0 Å². The molecule has 1 aliphatic rings. The number of amides is 2. The summed E-state index contributed by atoms with van der Waals surface area (Å²) in [5.41, 5.74) is 1.27. The number of aromatic nitrogens is 1. The molecule has 0 bridgehead atoms. The van der Waals surface area contributed by atoms with Crippen LogP contribution in [0.5, 0.6) is 0 Å². The van der Waals surface area contributed by atoms with Crippen LogP contribution in [0.1, 0.15) is 53.0 Å². The third kappa shape index (κ3) is 5.05. The van der Waals surface area contributed by atoms with Crippen molar-refractivity contribution in [3.05, 3.63) is 39.8 Å². The van der Waals surface area contributed by atoms with Gasteiger partial charge in [-0.25, -0.2) is 18.5 Å². The average Bonchev–Trinajstić information content (AvgIpc) is 3.09. The van der Waals surface area contributed by atoms with Crippen LogP contribution >= 0.6 is 11.3 Å². The van der Waals surface area contributed by atoms with Gasteiger partial charge in [-0.05, 0) is 44.0 Å². The van der Waals surface area contributed by atoms with Crippen LogP contribution in [0.15, 0.2) is 29.2 Å². The zero-order valence-electron chi connectivity index (χ0n) is 17.2. The molecular weight excluding hydrogens is 424 g/mol. The molecule has 3 rings (SSSR count). The molecule has 0 unspecified atom stereocenters. The van der Waals surface area contributed by atoms with E-state index in [2.05, 4.69) is 24.1 Å². The first-order valence-corrected chi connectivity index (χ1v) is 12.1. The minimum Gasteiger partial charge on any atom is -0.338 e. The van der Waals surface area contributed by atoms with Crippen LogP contribution < -0.4 is 10.5 Å². The topological polar surface area (TPSA) is 122 Å². The number of sulfonamides is 1. The Morgan fingerprint density at radius 2 is 1.80 bits per heavy atom. The van der Waals surface area contributed by atoms with E-state index in [4.69, 9.17) is 5.14 Å². The van der Waals surface area contributed by atoms with Gasteiger partial charge in [-0.15, -0.1) is 11.3 Å². The highest BCUT2D eigenvalue weighted by Crippen LogP contribution is 2.28. The van der Waals surface area contributed by atoms with E-state index >= 15 is 0 Å². The molecule has 2 heterocycles. The number of carbonyl (C=O) groups excluding carboxylic acids is 2. The molecule has 0 radical (unpaired) electrons. The molecule has 8 nitrogen and oxygen atoms in total. The van der Waals surface area contributed by atoms with E-state index in [1.807, 2.05) is 6.92 Å². The second-order valence-electron chi connectivity index (χ2n) is 7.75. The zero-order valence-corrected chi connectivity index (χ0v) is 18.8. The molecule has 1 aliphatic heterocycles. The second kappa shape index (κ2) is 8.83. The molecule has 2 aromatic rings. The Bertz CT molecular complexity index is 1040. The Balaban J connectivity index is 1.57. The molecule has 1 fully saturated rings. The number of anilines is 1. The normalized spacial score (nSPS) is 15.4. The van der Waals surface area contributed by atoms with E-state index in [1.165, 1.54) is 35.6 Å². The molecule has 2 amide bonds. The highest BCUT2D eigenvalue weighted by molar-refractivity contribution is 7.89. The van der Waals surface area contributed by atoms with E-state index in [0.717, 1.165) is 10.7 Å². The number of nitrogens with two attached hydrogens (primary N) is 1. The van der Waals surface area contributed by atoms with Crippen LogP contribution in [-0.2, 0) is 14.8 Å². The summed E-state index contributed by atoms with van der Waals surface area (Å²) in [6.45, 7) is 6.99. The van der Waals surface area contributed by atoms with Crippen LogP contribution in [0.3, 0.4) is 0 Å². The SMILES string of the molecule is Cc1nc(C(C)C)sc1C(=O)N1CCC(C(=O)Nc2ccc(S(N)(=O)=O)cc2)CC1. The number of primary sulfonamides is 1. The summed E-state index contributed by atoms with van der Waals surface area (Å²) in [5, 5.41) is 8.84. The van der Waals surface area contributed by atoms with Gasteiger partial charge < -0.3 is 10.2 Å². The lowest BCUT2D eigenvalue weighted by molar-refractivity contribution is -0.121. The Morgan fingerprint density at radius 1 is 1.20 bits per heavy atom. The van der Waals surface area contributed by atoms with Crippen molar-refractivity contribution in [2.45, 2.75) is 44.4 Å². The van der Waals surface area contributed by atoms with Crippen molar-refractivity contribution in [2.75, 3.05) is 18.4 Å². The number of carbonyl (C=O) groups is 2. The van der Waals surface area contributed by atoms with Crippen LogP contribution in [0.25, 0.3) is 0 Å². The minimum absolute atomic E-state index is 0.00805. The minimum atomic E-state index is -3.77. The van der Waals surface area contributed by atoms with Gasteiger partial charge in [0, 0.05) is 30.6 Å². The van der Waals surface area contributed by atoms with Gasteiger partial charge in [-0.3, -0.25) is 9.59 Å². The summed E-state index contributed by atoms with van der Waals surface area (Å²) in [4.78, 5) is 32.4. The number of rotatable bonds is 5. The molecule has 0 saturated carbocycles. The van der Waals surface area contributed by atoms with Gasteiger partial charge in [-0.2, -0.15) is 0 Å². The maximum atomic E-state index is 12.9. The third-order valence-electron chi connectivity index (χ3n) is 5.10. The average molecular weight is 451 g/mol. The monoisotopic (exact) mass is 450 g/mol. The van der Waals surface area contributed by atoms with Crippen molar-refractivity contribution in [1.82, 2.24) is 9.88 Å². The molecule has 0 atom stereocenters. The van der Waals surface area contributed by atoms with Gasteiger partial charge >= 0.3 is 0 Å². The van der Waals surface area contributed by atoms with E-state index in [9.17, 15) is 18.0 Å². The van der Waals surface area contributed by atoms with Crippen LogP contribution in [0, 0.1) is 12.8 Å². The number of piperidine rings is 1. The lowest BCUT2D eigenvalue weighted by Crippen LogP contribution is -2.41. The van der Waals surface area contributed by atoms with Gasteiger partial charge in [-0.1, -0.05) is 13.8 Å². The van der Waals surface area contributed by atoms with Crippen LogP contribution in [0.2, 0.25) is 0 Å². The molecule has 1 saturated heterocycles. The molecule has 162 valence electrons. The summed E-state index contributed by atoms with van der Waals surface area (Å²) in [6, 6.07) is 5.73. The van der Waals surface area contributed by atoms with Gasteiger partial charge in [0.05, 0.1) is 15.6 Å². The maximum Gasteiger partial charge on any atom is 0.265 e. The highest BCUT2D eigenvalue weighted by atomic mass is 32.2. The Labute approximate surface area is 180 Å². The first-order chi connectivity index (χ1) is 14.1. The standard InChI is InChI=1S/C20H26N4O4S2/c1-12(2)19-22-13(3)17(29-19)20(26)24-10-8-14(9-11-24)18(25)23-15-4-6-16(7-5-15)30(21,27)28/h4-7,12,14H,8-11H2,1-3H3,(H,23,25)(H2,21,27,28). The van der Waals surface area contributed by atoms with Gasteiger partial charge in [0.1, 0.15) is 4.88 Å². The fraction of sp³-hybridized carbons (Fsp3) is 0.450. The Hall–Kier alpha value is -2.30. The summed E-state index contributed by atoms with van der Waals surface area (Å²) in [6.07, 6.45) is 1.14. The van der Waals surface area contributed by atoms with E-state index in [1.54, 1.807) is 4.90 Å². The number of likely N-dealkylation sites (tertiary alicyclic amines) is 1. The summed E-state index contributed by atoms with van der Waals surface area (Å²) in [7, 11) is -3.77. The van der Waals surface area contributed by atoms with Crippen molar-refractivity contribution < 1.29 is 18.0 Å². The van der Waals surface area contributed by atoms with Crippen LogP contribution in [0.4, 0.5) is 5.69 Å². The molecule has 10 heteroatoms. The van der Waals surface area contributed by atoms with Gasteiger partial charge in [0.25, 0.3) is 5.91 Å². The zero-order chi connectivity index (χ0) is 22.1. The predicted octanol–water partition coefficient (Wildman–Crippen LogP) is 2.71. The molecule has 1 aromatic heterocycles. The molecule has 0 spiro atoms. The summed E-state index contributed by atoms with van der Waals surface area (Å²) in [5.74, 6) is -0.0830. The number of nitrogens with one attached hydrogen (secondary N) is 1.